The van der Waals surface area contributed by atoms with E-state index in [1.165, 1.54) is 37.7 Å². The van der Waals surface area contributed by atoms with Crippen molar-refractivity contribution < 1.29 is 4.57 Å². The van der Waals surface area contributed by atoms with E-state index >= 15 is 0 Å². The summed E-state index contributed by atoms with van der Waals surface area (Å²) in [5.74, 6) is 0. The number of hydrogen-bond acceptors (Lipinski definition) is 1. The van der Waals surface area contributed by atoms with Crippen LogP contribution in [0.15, 0.2) is 60.1 Å². The Kier molecular flexibility index (Phi) is 2.79. The minimum absolute atomic E-state index is 1.31. The number of aromatic nitrogens is 1. The molecule has 0 saturated heterocycles. The fourth-order valence-electron chi connectivity index (χ4n) is 3.07. The Bertz CT molecular complexity index is 966. The predicted molar refractivity (Wildman–Crippen MR) is 90.7 cm³/mol. The number of benzene rings is 2. The Morgan fingerprint density at radius 3 is 2.67 bits per heavy atom. The molecule has 0 unspecified atom stereocenters. The summed E-state index contributed by atoms with van der Waals surface area (Å²) in [5.41, 5.74) is 3.99. The van der Waals surface area contributed by atoms with Crippen molar-refractivity contribution in [3.05, 3.63) is 65.7 Å². The number of fused-ring (bicyclic) bond motifs is 2. The summed E-state index contributed by atoms with van der Waals surface area (Å²) in [6.45, 7) is 2.23. The summed E-state index contributed by atoms with van der Waals surface area (Å²) in [6.07, 6.45) is 2.15. The van der Waals surface area contributed by atoms with Crippen LogP contribution in [0.1, 0.15) is 5.56 Å². The lowest BCUT2D eigenvalue weighted by atomic mass is 9.97. The summed E-state index contributed by atoms with van der Waals surface area (Å²) in [5, 5.41) is 6.13. The van der Waals surface area contributed by atoms with Crippen LogP contribution in [0.5, 0.6) is 0 Å². The van der Waals surface area contributed by atoms with Gasteiger partial charge in [-0.3, -0.25) is 0 Å². The van der Waals surface area contributed by atoms with Crippen molar-refractivity contribution in [3.8, 4) is 11.3 Å². The smallest absolute Gasteiger partial charge is 0.200 e. The number of rotatable bonds is 1. The van der Waals surface area contributed by atoms with Crippen LogP contribution in [0.2, 0.25) is 0 Å². The third kappa shape index (κ3) is 1.87. The zero-order chi connectivity index (χ0) is 14.4. The molecule has 0 radical (unpaired) electrons. The Balaban J connectivity index is 2.11. The van der Waals surface area contributed by atoms with Gasteiger partial charge in [0.25, 0.3) is 0 Å². The molecule has 1 nitrogen and oxygen atoms in total. The van der Waals surface area contributed by atoms with E-state index in [0.29, 0.717) is 0 Å². The van der Waals surface area contributed by atoms with E-state index < -0.39 is 0 Å². The molecule has 0 fully saturated rings. The third-order valence-corrected chi connectivity index (χ3v) is 5.13. The second kappa shape index (κ2) is 4.68. The maximum atomic E-state index is 2.26. The first kappa shape index (κ1) is 12.5. The second-order valence-electron chi connectivity index (χ2n) is 5.44. The molecule has 0 aliphatic heterocycles. The molecule has 0 aliphatic rings. The zero-order valence-corrected chi connectivity index (χ0v) is 12.9. The quantitative estimate of drug-likeness (QED) is 0.441. The molecule has 21 heavy (non-hydrogen) atoms. The van der Waals surface area contributed by atoms with Crippen molar-refractivity contribution in [1.82, 2.24) is 0 Å². The first-order valence-electron chi connectivity index (χ1n) is 7.10. The fourth-order valence-corrected chi connectivity index (χ4v) is 4.05. The maximum absolute atomic E-state index is 2.26. The van der Waals surface area contributed by atoms with Crippen molar-refractivity contribution in [2.75, 3.05) is 0 Å². The summed E-state index contributed by atoms with van der Waals surface area (Å²) in [6, 6.07) is 17.5. The van der Waals surface area contributed by atoms with Crippen molar-refractivity contribution >= 4 is 32.2 Å². The van der Waals surface area contributed by atoms with Crippen molar-refractivity contribution in [2.24, 2.45) is 7.05 Å². The van der Waals surface area contributed by atoms with E-state index in [4.69, 9.17) is 0 Å². The largest absolute Gasteiger partial charge is 0.230 e. The number of aryl methyl sites for hydroxylation is 2. The lowest BCUT2D eigenvalue weighted by molar-refractivity contribution is -0.659. The second-order valence-corrected chi connectivity index (χ2v) is 6.36. The normalized spacial score (nSPS) is 11.3. The third-order valence-electron chi connectivity index (χ3n) is 4.19. The summed E-state index contributed by atoms with van der Waals surface area (Å²) >= 11 is 1.82. The first-order chi connectivity index (χ1) is 10.3. The summed E-state index contributed by atoms with van der Waals surface area (Å²) in [4.78, 5) is 0. The lowest BCUT2D eigenvalue weighted by Gasteiger charge is -2.09. The molecule has 4 aromatic rings. The minimum atomic E-state index is 1.31. The SMILES string of the molecule is Cc1c(-c2c3sccc3cc[n+]2C)ccc2ccccc12. The van der Waals surface area contributed by atoms with Gasteiger partial charge in [-0.25, -0.2) is 0 Å². The van der Waals surface area contributed by atoms with Crippen LogP contribution in [-0.2, 0) is 7.05 Å². The summed E-state index contributed by atoms with van der Waals surface area (Å²) < 4.78 is 3.59. The van der Waals surface area contributed by atoms with Gasteiger partial charge in [-0.1, -0.05) is 30.3 Å². The molecule has 2 aromatic carbocycles. The molecule has 0 atom stereocenters. The van der Waals surface area contributed by atoms with E-state index in [0.717, 1.165) is 0 Å². The first-order valence-corrected chi connectivity index (χ1v) is 7.98. The molecule has 4 rings (SSSR count). The molecule has 0 amide bonds. The molecule has 0 spiro atoms. The summed E-state index contributed by atoms with van der Waals surface area (Å²) in [7, 11) is 2.13. The number of nitrogens with zero attached hydrogens (tertiary/aromatic N) is 1. The minimum Gasteiger partial charge on any atom is -0.200 e. The predicted octanol–water partition coefficient (Wildman–Crippen LogP) is 4.85. The number of thiophene rings is 1. The topological polar surface area (TPSA) is 3.88 Å². The molecule has 102 valence electrons. The Morgan fingerprint density at radius 2 is 1.76 bits per heavy atom. The van der Waals surface area contributed by atoms with Gasteiger partial charge in [0.1, 0.15) is 11.7 Å². The highest BCUT2D eigenvalue weighted by molar-refractivity contribution is 7.17. The monoisotopic (exact) mass is 290 g/mol. The van der Waals surface area contributed by atoms with Crippen LogP contribution in [0.3, 0.4) is 0 Å². The Labute approximate surface area is 128 Å². The fraction of sp³-hybridized carbons (Fsp3) is 0.105. The highest BCUT2D eigenvalue weighted by atomic mass is 32.1. The standard InChI is InChI=1S/C19H16NS/c1-13-16-6-4-3-5-14(16)7-8-17(13)18-19-15(10-12-21-19)9-11-20(18)2/h3-12H,1-2H3/q+1. The number of hydrogen-bond donors (Lipinski definition) is 0. The van der Waals surface area contributed by atoms with Crippen LogP contribution in [0.4, 0.5) is 0 Å². The average molecular weight is 290 g/mol. The Morgan fingerprint density at radius 1 is 0.905 bits per heavy atom. The molecular weight excluding hydrogens is 274 g/mol. The maximum Gasteiger partial charge on any atom is 0.230 e. The van der Waals surface area contributed by atoms with Gasteiger partial charge in [-0.05, 0) is 40.8 Å². The van der Waals surface area contributed by atoms with Crippen LogP contribution in [-0.4, -0.2) is 0 Å². The van der Waals surface area contributed by atoms with Gasteiger partial charge in [0.05, 0.1) is 5.56 Å². The van der Waals surface area contributed by atoms with Gasteiger partial charge in [-0.15, -0.1) is 11.3 Å². The van der Waals surface area contributed by atoms with Crippen LogP contribution in [0, 0.1) is 6.92 Å². The molecule has 0 N–H and O–H groups in total. The zero-order valence-electron chi connectivity index (χ0n) is 12.1. The molecular formula is C19H16NS+. The van der Waals surface area contributed by atoms with Crippen molar-refractivity contribution in [3.63, 3.8) is 0 Å². The molecule has 0 saturated carbocycles. The highest BCUT2D eigenvalue weighted by Crippen LogP contribution is 2.34. The van der Waals surface area contributed by atoms with E-state index in [2.05, 4.69) is 78.6 Å². The lowest BCUT2D eigenvalue weighted by Crippen LogP contribution is -2.30. The van der Waals surface area contributed by atoms with E-state index in [-0.39, 0.29) is 0 Å². The number of pyridine rings is 1. The van der Waals surface area contributed by atoms with Gasteiger partial charge >= 0.3 is 0 Å². The van der Waals surface area contributed by atoms with Crippen LogP contribution >= 0.6 is 11.3 Å². The van der Waals surface area contributed by atoms with E-state index in [1.807, 2.05) is 11.3 Å². The van der Waals surface area contributed by atoms with E-state index in [9.17, 15) is 0 Å². The van der Waals surface area contributed by atoms with E-state index in [1.54, 1.807) is 0 Å². The van der Waals surface area contributed by atoms with Crippen LogP contribution in [0.25, 0.3) is 32.1 Å². The molecule has 2 heteroatoms. The van der Waals surface area contributed by atoms with Gasteiger partial charge in [0.2, 0.25) is 5.69 Å². The van der Waals surface area contributed by atoms with Gasteiger partial charge in [0, 0.05) is 11.5 Å². The van der Waals surface area contributed by atoms with Gasteiger partial charge in [-0.2, -0.15) is 4.57 Å². The Hall–Kier alpha value is -2.19. The van der Waals surface area contributed by atoms with Crippen molar-refractivity contribution in [1.29, 1.82) is 0 Å². The molecule has 2 aromatic heterocycles. The van der Waals surface area contributed by atoms with Gasteiger partial charge < -0.3 is 0 Å². The van der Waals surface area contributed by atoms with Gasteiger partial charge in [0.15, 0.2) is 6.20 Å². The molecule has 0 bridgehead atoms. The molecule has 0 aliphatic carbocycles. The van der Waals surface area contributed by atoms with Crippen molar-refractivity contribution in [2.45, 2.75) is 6.92 Å². The van der Waals surface area contributed by atoms with Crippen LogP contribution < -0.4 is 4.57 Å². The average Bonchev–Trinajstić information content (AvgIpc) is 2.97. The highest BCUT2D eigenvalue weighted by Gasteiger charge is 2.18. The molecule has 2 heterocycles.